The van der Waals surface area contributed by atoms with E-state index >= 15 is 0 Å². The van der Waals surface area contributed by atoms with E-state index in [0.717, 1.165) is 0 Å². The second kappa shape index (κ2) is 6.10. The second-order valence-corrected chi connectivity index (χ2v) is 6.72. The number of carbonyl (C=O) groups excluding carboxylic acids is 2. The Hall–Kier alpha value is -3.81. The number of esters is 2. The molecule has 1 aromatic heterocycles. The maximum atomic E-state index is 13.5. The van der Waals surface area contributed by atoms with Crippen molar-refractivity contribution in [2.75, 3.05) is 0 Å². The van der Waals surface area contributed by atoms with Gasteiger partial charge in [0.2, 0.25) is 5.43 Å². The van der Waals surface area contributed by atoms with E-state index in [9.17, 15) is 14.4 Å². The zero-order valence-corrected chi connectivity index (χ0v) is 15.4. The summed E-state index contributed by atoms with van der Waals surface area (Å²) in [6.07, 6.45) is 2.76. The highest BCUT2D eigenvalue weighted by Crippen LogP contribution is 2.49. The van der Waals surface area contributed by atoms with Crippen LogP contribution in [-0.2, 0) is 14.3 Å². The van der Waals surface area contributed by atoms with E-state index in [1.54, 1.807) is 18.2 Å². The largest absolute Gasteiger partial charge is 0.462 e. The number of ether oxygens (including phenoxy) is 4. The Labute approximate surface area is 163 Å². The van der Waals surface area contributed by atoms with Gasteiger partial charge in [-0.3, -0.25) is 14.4 Å². The molecule has 2 aliphatic rings. The molecule has 0 saturated carbocycles. The Kier molecular flexibility index (Phi) is 3.64. The van der Waals surface area contributed by atoms with Crippen LogP contribution in [0.25, 0.3) is 21.9 Å². The third-order valence-electron chi connectivity index (χ3n) is 4.78. The smallest absolute Gasteiger partial charge is 0.308 e. The summed E-state index contributed by atoms with van der Waals surface area (Å²) in [5, 5.41) is 0.146. The summed E-state index contributed by atoms with van der Waals surface area (Å²) in [5.74, 6) is -0.964. The van der Waals surface area contributed by atoms with Crippen molar-refractivity contribution in [3.63, 3.8) is 0 Å². The van der Waals surface area contributed by atoms with Crippen molar-refractivity contribution in [2.24, 2.45) is 0 Å². The summed E-state index contributed by atoms with van der Waals surface area (Å²) in [6, 6.07) is 6.19. The fourth-order valence-corrected chi connectivity index (χ4v) is 3.73. The fraction of sp³-hybridized carbons (Fsp3) is 0.190. The number of benzene rings is 2. The summed E-state index contributed by atoms with van der Waals surface area (Å²) in [7, 11) is 0. The molecule has 3 aromatic rings. The first kappa shape index (κ1) is 17.3. The lowest BCUT2D eigenvalue weighted by Gasteiger charge is -2.12. The molecule has 2 aliphatic heterocycles. The normalized spacial score (nSPS) is 18.8. The molecule has 0 N–H and O–H groups in total. The molecule has 2 unspecified atom stereocenters. The van der Waals surface area contributed by atoms with Gasteiger partial charge in [0.15, 0.2) is 0 Å². The van der Waals surface area contributed by atoms with Crippen molar-refractivity contribution in [1.82, 2.24) is 0 Å². The van der Waals surface area contributed by atoms with Crippen LogP contribution in [0, 0.1) is 0 Å². The topological polar surface area (TPSA) is 101 Å². The number of carbonyl (C=O) groups is 2. The van der Waals surface area contributed by atoms with Crippen molar-refractivity contribution in [2.45, 2.75) is 26.1 Å². The average molecular weight is 394 g/mol. The summed E-state index contributed by atoms with van der Waals surface area (Å²) in [5.41, 5.74) is 0.615. The predicted molar refractivity (Wildman–Crippen MR) is 100.0 cm³/mol. The van der Waals surface area contributed by atoms with E-state index in [1.165, 1.54) is 32.2 Å². The van der Waals surface area contributed by atoms with E-state index in [2.05, 4.69) is 0 Å². The zero-order valence-electron chi connectivity index (χ0n) is 15.4. The molecule has 0 bridgehead atoms. The first-order valence-electron chi connectivity index (χ1n) is 8.86. The van der Waals surface area contributed by atoms with Crippen molar-refractivity contribution >= 4 is 33.9 Å². The Morgan fingerprint density at radius 3 is 2.55 bits per heavy atom. The van der Waals surface area contributed by atoms with Crippen LogP contribution in [0.3, 0.4) is 0 Å². The Balaban J connectivity index is 1.91. The molecular weight excluding hydrogens is 380 g/mol. The standard InChI is InChI=1S/C21H14O8/c1-9(22)26-12-4-3-5-13-17(12)19(24)18-15(27-10(2)23)8-14-16(20(18)28-13)11-6-7-25-21(11)29-14/h3-8,11,21H,1-2H3. The molecule has 29 heavy (non-hydrogen) atoms. The van der Waals surface area contributed by atoms with Crippen molar-refractivity contribution in [3.8, 4) is 17.2 Å². The lowest BCUT2D eigenvalue weighted by Crippen LogP contribution is -2.14. The average Bonchev–Trinajstić information content (AvgIpc) is 3.21. The van der Waals surface area contributed by atoms with Gasteiger partial charge in [-0.2, -0.15) is 0 Å². The number of hydrogen-bond acceptors (Lipinski definition) is 8. The lowest BCUT2D eigenvalue weighted by atomic mass is 9.97. The molecular formula is C21H14O8. The molecule has 0 amide bonds. The minimum absolute atomic E-state index is 0.00322. The van der Waals surface area contributed by atoms with Crippen LogP contribution < -0.4 is 19.6 Å². The molecule has 2 atom stereocenters. The molecule has 0 spiro atoms. The number of fused-ring (bicyclic) bond motifs is 6. The second-order valence-electron chi connectivity index (χ2n) is 6.72. The van der Waals surface area contributed by atoms with Crippen molar-refractivity contribution in [3.05, 3.63) is 52.4 Å². The monoisotopic (exact) mass is 394 g/mol. The van der Waals surface area contributed by atoms with E-state index in [0.29, 0.717) is 11.3 Å². The van der Waals surface area contributed by atoms with Crippen LogP contribution >= 0.6 is 0 Å². The Morgan fingerprint density at radius 2 is 1.79 bits per heavy atom. The van der Waals surface area contributed by atoms with Gasteiger partial charge in [-0.25, -0.2) is 0 Å². The third-order valence-corrected chi connectivity index (χ3v) is 4.78. The Morgan fingerprint density at radius 1 is 1.03 bits per heavy atom. The first-order chi connectivity index (χ1) is 13.9. The van der Waals surface area contributed by atoms with Gasteiger partial charge in [-0.1, -0.05) is 6.07 Å². The van der Waals surface area contributed by atoms with E-state index in [1.807, 2.05) is 0 Å². The third kappa shape index (κ3) is 2.56. The van der Waals surface area contributed by atoms with Crippen LogP contribution in [0.15, 0.2) is 45.8 Å². The molecule has 0 aliphatic carbocycles. The molecule has 0 radical (unpaired) electrons. The Bertz CT molecular complexity index is 1300. The van der Waals surface area contributed by atoms with Crippen LogP contribution in [0.2, 0.25) is 0 Å². The highest BCUT2D eigenvalue weighted by molar-refractivity contribution is 6.00. The molecule has 3 heterocycles. The fourth-order valence-electron chi connectivity index (χ4n) is 3.73. The van der Waals surface area contributed by atoms with Gasteiger partial charge >= 0.3 is 11.9 Å². The number of hydrogen-bond donors (Lipinski definition) is 0. The van der Waals surface area contributed by atoms with Crippen LogP contribution in [0.5, 0.6) is 17.2 Å². The lowest BCUT2D eigenvalue weighted by molar-refractivity contribution is -0.132. The maximum absolute atomic E-state index is 13.5. The summed E-state index contributed by atoms with van der Waals surface area (Å²) < 4.78 is 27.7. The quantitative estimate of drug-likeness (QED) is 0.371. The molecule has 146 valence electrons. The SMILES string of the molecule is CC(=O)Oc1cccc2oc3c4c(cc(OC(C)=O)c3c(=O)c12)OC1OC=CC41. The maximum Gasteiger partial charge on any atom is 0.308 e. The predicted octanol–water partition coefficient (Wildman–Crippen LogP) is 3.14. The van der Waals surface area contributed by atoms with Crippen molar-refractivity contribution < 1.29 is 33.0 Å². The first-order valence-corrected chi connectivity index (χ1v) is 8.86. The van der Waals surface area contributed by atoms with Crippen LogP contribution in [0.1, 0.15) is 25.3 Å². The van der Waals surface area contributed by atoms with Gasteiger partial charge in [0.05, 0.1) is 17.7 Å². The van der Waals surface area contributed by atoms with Crippen LogP contribution in [0.4, 0.5) is 0 Å². The molecule has 0 fully saturated rings. The minimum atomic E-state index is -0.603. The molecule has 8 heteroatoms. The molecule has 2 aromatic carbocycles. The van der Waals surface area contributed by atoms with E-state index in [4.69, 9.17) is 23.4 Å². The summed E-state index contributed by atoms with van der Waals surface area (Å²) in [6.45, 7) is 2.47. The van der Waals surface area contributed by atoms with E-state index < -0.39 is 23.7 Å². The van der Waals surface area contributed by atoms with Gasteiger partial charge < -0.3 is 23.4 Å². The van der Waals surface area contributed by atoms with Crippen molar-refractivity contribution in [1.29, 1.82) is 0 Å². The highest BCUT2D eigenvalue weighted by atomic mass is 16.7. The minimum Gasteiger partial charge on any atom is -0.462 e. The zero-order chi connectivity index (χ0) is 20.3. The molecule has 0 saturated heterocycles. The van der Waals surface area contributed by atoms with E-state index in [-0.39, 0.29) is 39.4 Å². The summed E-state index contributed by atoms with van der Waals surface area (Å²) >= 11 is 0. The molecule has 5 rings (SSSR count). The molecule has 8 nitrogen and oxygen atoms in total. The van der Waals surface area contributed by atoms with Gasteiger partial charge in [-0.15, -0.1) is 0 Å². The summed E-state index contributed by atoms with van der Waals surface area (Å²) in [4.78, 5) is 36.6. The number of rotatable bonds is 2. The van der Waals surface area contributed by atoms with Gasteiger partial charge in [0, 0.05) is 19.9 Å². The van der Waals surface area contributed by atoms with Gasteiger partial charge in [-0.05, 0) is 18.2 Å². The van der Waals surface area contributed by atoms with Crippen LogP contribution in [-0.4, -0.2) is 18.2 Å². The van der Waals surface area contributed by atoms with Gasteiger partial charge in [0.1, 0.15) is 39.2 Å². The highest BCUT2D eigenvalue weighted by Gasteiger charge is 2.41. The van der Waals surface area contributed by atoms with Gasteiger partial charge in [0.25, 0.3) is 6.29 Å².